The molecule has 1 rings (SSSR count). The van der Waals surface area contributed by atoms with E-state index in [-0.39, 0.29) is 11.4 Å². The van der Waals surface area contributed by atoms with Crippen molar-refractivity contribution in [3.8, 4) is 12.3 Å². The Bertz CT molecular complexity index is 500. The van der Waals surface area contributed by atoms with Crippen LogP contribution in [0, 0.1) is 12.3 Å². The van der Waals surface area contributed by atoms with Gasteiger partial charge >= 0.3 is 5.97 Å². The number of H-pyrrole nitrogens is 1. The van der Waals surface area contributed by atoms with Gasteiger partial charge in [0, 0.05) is 6.42 Å². The van der Waals surface area contributed by atoms with Crippen LogP contribution in [-0.4, -0.2) is 35.5 Å². The second kappa shape index (κ2) is 4.78. The molecule has 1 atom stereocenters. The van der Waals surface area contributed by atoms with Crippen molar-refractivity contribution in [2.45, 2.75) is 17.5 Å². The Kier molecular flexibility index (Phi) is 3.65. The molecule has 0 fully saturated rings. The van der Waals surface area contributed by atoms with E-state index in [1.165, 1.54) is 6.33 Å². The van der Waals surface area contributed by atoms with Crippen LogP contribution in [0.5, 0.6) is 0 Å². The first kappa shape index (κ1) is 12.2. The Morgan fingerprint density at radius 1 is 1.75 bits per heavy atom. The van der Waals surface area contributed by atoms with Gasteiger partial charge in [0.1, 0.15) is 6.04 Å². The van der Waals surface area contributed by atoms with Crippen molar-refractivity contribution in [3.05, 3.63) is 12.5 Å². The van der Waals surface area contributed by atoms with Crippen molar-refractivity contribution >= 4 is 16.0 Å². The minimum atomic E-state index is -3.93. The lowest BCUT2D eigenvalue weighted by atomic mass is 10.2. The van der Waals surface area contributed by atoms with Gasteiger partial charge in [-0.15, -0.1) is 12.3 Å². The van der Waals surface area contributed by atoms with Gasteiger partial charge in [-0.3, -0.25) is 4.79 Å². The number of carboxylic acids is 1. The normalized spacial score (nSPS) is 12.9. The standard InChI is InChI=1S/C8H9N3O4S/c1-2-3-6(8(12)13)11-16(14,15)7-4-9-5-10-7/h1,4-6,11H,3H2,(H,9,10)(H,12,13). The van der Waals surface area contributed by atoms with Gasteiger partial charge in [-0.1, -0.05) is 0 Å². The van der Waals surface area contributed by atoms with Gasteiger partial charge in [-0.05, 0) is 0 Å². The molecule has 1 heterocycles. The van der Waals surface area contributed by atoms with Crippen LogP contribution in [0.4, 0.5) is 0 Å². The topological polar surface area (TPSA) is 112 Å². The summed E-state index contributed by atoms with van der Waals surface area (Å²) in [6.45, 7) is 0. The van der Waals surface area contributed by atoms with Gasteiger partial charge in [0.25, 0.3) is 10.0 Å². The van der Waals surface area contributed by atoms with E-state index >= 15 is 0 Å². The van der Waals surface area contributed by atoms with Crippen LogP contribution < -0.4 is 4.72 Å². The Hall–Kier alpha value is -1.85. The van der Waals surface area contributed by atoms with Crippen LogP contribution >= 0.6 is 0 Å². The predicted molar refractivity (Wildman–Crippen MR) is 53.8 cm³/mol. The largest absolute Gasteiger partial charge is 0.480 e. The van der Waals surface area contributed by atoms with E-state index in [9.17, 15) is 13.2 Å². The molecule has 0 aliphatic rings. The molecule has 1 aromatic rings. The van der Waals surface area contributed by atoms with E-state index in [1.807, 2.05) is 4.72 Å². The molecule has 86 valence electrons. The number of imidazole rings is 1. The number of aliphatic carboxylic acids is 1. The minimum Gasteiger partial charge on any atom is -0.480 e. The molecule has 0 saturated carbocycles. The predicted octanol–water partition coefficient (Wildman–Crippen LogP) is -0.835. The summed E-state index contributed by atoms with van der Waals surface area (Å²) in [7, 11) is -3.93. The summed E-state index contributed by atoms with van der Waals surface area (Å²) in [5.41, 5.74) is 0. The number of rotatable bonds is 5. The monoisotopic (exact) mass is 243 g/mol. The van der Waals surface area contributed by atoms with Gasteiger partial charge < -0.3 is 10.1 Å². The summed E-state index contributed by atoms with van der Waals surface area (Å²) in [6, 6.07) is -1.35. The molecular formula is C8H9N3O4S. The molecule has 16 heavy (non-hydrogen) atoms. The molecule has 7 nitrogen and oxygen atoms in total. The van der Waals surface area contributed by atoms with E-state index in [4.69, 9.17) is 11.5 Å². The number of terminal acetylenes is 1. The number of aromatic nitrogens is 2. The molecule has 8 heteroatoms. The van der Waals surface area contributed by atoms with Gasteiger partial charge in [0.05, 0.1) is 12.5 Å². The van der Waals surface area contributed by atoms with Crippen LogP contribution in [0.15, 0.2) is 17.6 Å². The lowest BCUT2D eigenvalue weighted by Gasteiger charge is -2.10. The molecule has 0 aromatic carbocycles. The summed E-state index contributed by atoms with van der Waals surface area (Å²) in [5, 5.41) is 8.50. The van der Waals surface area contributed by atoms with Crippen LogP contribution in [0.25, 0.3) is 0 Å². The number of carbonyl (C=O) groups is 1. The van der Waals surface area contributed by atoms with Crippen molar-refractivity contribution in [1.29, 1.82) is 0 Å². The number of nitrogens with zero attached hydrogens (tertiary/aromatic N) is 1. The SMILES string of the molecule is C#CCC(NS(=O)(=O)c1cnc[nH]1)C(=O)O. The summed E-state index contributed by atoms with van der Waals surface area (Å²) in [6.07, 6.45) is 6.94. The van der Waals surface area contributed by atoms with E-state index in [2.05, 4.69) is 15.9 Å². The smallest absolute Gasteiger partial charge is 0.322 e. The zero-order valence-electron chi connectivity index (χ0n) is 8.04. The Balaban J connectivity index is 2.88. The van der Waals surface area contributed by atoms with E-state index < -0.39 is 22.0 Å². The van der Waals surface area contributed by atoms with Crippen molar-refractivity contribution < 1.29 is 18.3 Å². The molecule has 0 aliphatic heterocycles. The van der Waals surface area contributed by atoms with Gasteiger partial charge in [0.2, 0.25) is 0 Å². The molecule has 0 spiro atoms. The molecule has 1 unspecified atom stereocenters. The van der Waals surface area contributed by atoms with E-state index in [1.54, 1.807) is 0 Å². The van der Waals surface area contributed by atoms with Crippen molar-refractivity contribution in [3.63, 3.8) is 0 Å². The molecule has 0 radical (unpaired) electrons. The lowest BCUT2D eigenvalue weighted by molar-refractivity contribution is -0.138. The van der Waals surface area contributed by atoms with Gasteiger partial charge in [-0.25, -0.2) is 13.4 Å². The first-order chi connectivity index (χ1) is 7.47. The van der Waals surface area contributed by atoms with Gasteiger partial charge in [-0.2, -0.15) is 4.72 Å². The number of sulfonamides is 1. The fraction of sp³-hybridized carbons (Fsp3) is 0.250. The third-order valence-corrected chi connectivity index (χ3v) is 3.08. The highest BCUT2D eigenvalue weighted by atomic mass is 32.2. The average Bonchev–Trinajstić information content (AvgIpc) is 2.69. The van der Waals surface area contributed by atoms with Crippen LogP contribution in [0.2, 0.25) is 0 Å². The number of hydrogen-bond acceptors (Lipinski definition) is 4. The summed E-state index contributed by atoms with van der Waals surface area (Å²) < 4.78 is 25.1. The van der Waals surface area contributed by atoms with Crippen molar-refractivity contribution in [2.24, 2.45) is 0 Å². The third-order valence-electron chi connectivity index (χ3n) is 1.68. The molecular weight excluding hydrogens is 234 g/mol. The molecule has 0 amide bonds. The molecule has 0 bridgehead atoms. The summed E-state index contributed by atoms with van der Waals surface area (Å²) in [4.78, 5) is 16.6. The zero-order chi connectivity index (χ0) is 12.2. The highest BCUT2D eigenvalue weighted by Gasteiger charge is 2.25. The van der Waals surface area contributed by atoms with E-state index in [0.29, 0.717) is 0 Å². The average molecular weight is 243 g/mol. The van der Waals surface area contributed by atoms with Crippen LogP contribution in [-0.2, 0) is 14.8 Å². The first-order valence-corrected chi connectivity index (χ1v) is 5.62. The fourth-order valence-electron chi connectivity index (χ4n) is 0.938. The minimum absolute atomic E-state index is 0.212. The number of carboxylic acid groups (broad SMARTS) is 1. The Labute approximate surface area is 92.0 Å². The quantitative estimate of drug-likeness (QED) is 0.584. The van der Waals surface area contributed by atoms with Crippen LogP contribution in [0.3, 0.4) is 0 Å². The highest BCUT2D eigenvalue weighted by molar-refractivity contribution is 7.89. The molecule has 0 aliphatic carbocycles. The summed E-state index contributed by atoms with van der Waals surface area (Å²) >= 11 is 0. The maximum absolute atomic E-state index is 11.6. The first-order valence-electron chi connectivity index (χ1n) is 4.14. The fourth-order valence-corrected chi connectivity index (χ4v) is 2.03. The van der Waals surface area contributed by atoms with E-state index in [0.717, 1.165) is 6.20 Å². The number of hydrogen-bond donors (Lipinski definition) is 3. The Morgan fingerprint density at radius 3 is 2.88 bits per heavy atom. The number of aromatic amines is 1. The number of nitrogens with one attached hydrogen (secondary N) is 2. The zero-order valence-corrected chi connectivity index (χ0v) is 8.86. The van der Waals surface area contributed by atoms with Crippen LogP contribution in [0.1, 0.15) is 6.42 Å². The third kappa shape index (κ3) is 2.82. The van der Waals surface area contributed by atoms with Crippen molar-refractivity contribution in [2.75, 3.05) is 0 Å². The second-order valence-corrected chi connectivity index (χ2v) is 4.52. The second-order valence-electron chi connectivity index (χ2n) is 2.84. The molecule has 1 aromatic heterocycles. The molecule has 0 saturated heterocycles. The Morgan fingerprint density at radius 2 is 2.44 bits per heavy atom. The highest BCUT2D eigenvalue weighted by Crippen LogP contribution is 2.04. The lowest BCUT2D eigenvalue weighted by Crippen LogP contribution is -2.40. The maximum atomic E-state index is 11.6. The van der Waals surface area contributed by atoms with Crippen molar-refractivity contribution in [1.82, 2.24) is 14.7 Å². The maximum Gasteiger partial charge on any atom is 0.322 e. The summed E-state index contributed by atoms with van der Waals surface area (Å²) in [5.74, 6) is 0.751. The van der Waals surface area contributed by atoms with Gasteiger partial charge in [0.15, 0.2) is 5.03 Å². The molecule has 3 N–H and O–H groups in total.